The fourth-order valence-electron chi connectivity index (χ4n) is 2.54. The van der Waals surface area contributed by atoms with Gasteiger partial charge in [-0.1, -0.05) is 16.8 Å². The molecule has 1 heterocycles. The second-order valence-electron chi connectivity index (χ2n) is 6.15. The monoisotopic (exact) mass is 401 g/mol. The SMILES string of the molecule is COc1ccc(-c2noc(CN(C)C(=O)[C@@H](C)Oc3ccc(Cl)cc3)n2)cc1. The zero-order valence-electron chi connectivity index (χ0n) is 15.8. The molecule has 7 nitrogen and oxygen atoms in total. The van der Waals surface area contributed by atoms with Crippen molar-refractivity contribution in [1.29, 1.82) is 0 Å². The molecule has 0 aliphatic rings. The van der Waals surface area contributed by atoms with E-state index in [9.17, 15) is 4.79 Å². The van der Waals surface area contributed by atoms with Gasteiger partial charge < -0.3 is 18.9 Å². The fourth-order valence-corrected chi connectivity index (χ4v) is 2.66. The van der Waals surface area contributed by atoms with Crippen LogP contribution in [0.3, 0.4) is 0 Å². The number of carbonyl (C=O) groups excluding carboxylic acids is 1. The highest BCUT2D eigenvalue weighted by molar-refractivity contribution is 6.30. The van der Waals surface area contributed by atoms with Crippen LogP contribution in [0.2, 0.25) is 5.02 Å². The summed E-state index contributed by atoms with van der Waals surface area (Å²) < 4.78 is 16.1. The molecule has 0 radical (unpaired) electrons. The molecule has 146 valence electrons. The first-order valence-electron chi connectivity index (χ1n) is 8.60. The van der Waals surface area contributed by atoms with Gasteiger partial charge in [-0.05, 0) is 55.5 Å². The molecule has 0 spiro atoms. The van der Waals surface area contributed by atoms with Gasteiger partial charge in [0.1, 0.15) is 11.5 Å². The summed E-state index contributed by atoms with van der Waals surface area (Å²) in [6.45, 7) is 1.86. The van der Waals surface area contributed by atoms with Crippen molar-refractivity contribution in [3.8, 4) is 22.9 Å². The van der Waals surface area contributed by atoms with E-state index < -0.39 is 6.10 Å². The van der Waals surface area contributed by atoms with Crippen LogP contribution in [-0.2, 0) is 11.3 Å². The molecule has 0 saturated carbocycles. The average molecular weight is 402 g/mol. The molecular formula is C20H20ClN3O4. The Kier molecular flexibility index (Phi) is 6.16. The van der Waals surface area contributed by atoms with Crippen molar-refractivity contribution in [2.24, 2.45) is 0 Å². The van der Waals surface area contributed by atoms with Crippen molar-refractivity contribution < 1.29 is 18.8 Å². The van der Waals surface area contributed by atoms with E-state index in [-0.39, 0.29) is 12.5 Å². The molecule has 0 saturated heterocycles. The van der Waals surface area contributed by atoms with E-state index in [1.54, 1.807) is 45.3 Å². The summed E-state index contributed by atoms with van der Waals surface area (Å²) in [5.41, 5.74) is 0.796. The lowest BCUT2D eigenvalue weighted by Crippen LogP contribution is -2.37. The molecule has 0 aliphatic carbocycles. The Hall–Kier alpha value is -3.06. The van der Waals surface area contributed by atoms with E-state index >= 15 is 0 Å². The number of ether oxygens (including phenoxy) is 2. The molecule has 2 aromatic carbocycles. The maximum atomic E-state index is 12.5. The fraction of sp³-hybridized carbons (Fsp3) is 0.250. The number of hydrogen-bond donors (Lipinski definition) is 0. The van der Waals surface area contributed by atoms with Gasteiger partial charge in [0.05, 0.1) is 13.7 Å². The first-order valence-corrected chi connectivity index (χ1v) is 8.98. The molecule has 28 heavy (non-hydrogen) atoms. The number of halogens is 1. The highest BCUT2D eigenvalue weighted by Gasteiger charge is 2.21. The van der Waals surface area contributed by atoms with Gasteiger partial charge in [0, 0.05) is 17.6 Å². The molecule has 0 bridgehead atoms. The molecule has 1 aromatic heterocycles. The summed E-state index contributed by atoms with van der Waals surface area (Å²) in [4.78, 5) is 18.4. The summed E-state index contributed by atoms with van der Waals surface area (Å²) in [5.74, 6) is 1.88. The third kappa shape index (κ3) is 4.80. The van der Waals surface area contributed by atoms with Crippen molar-refractivity contribution >= 4 is 17.5 Å². The number of likely N-dealkylation sites (N-methyl/N-ethyl adjacent to an activating group) is 1. The van der Waals surface area contributed by atoms with Gasteiger partial charge in [0.15, 0.2) is 6.10 Å². The van der Waals surface area contributed by atoms with Gasteiger partial charge in [-0.3, -0.25) is 4.79 Å². The van der Waals surface area contributed by atoms with Crippen molar-refractivity contribution in [2.45, 2.75) is 19.6 Å². The Balaban J connectivity index is 1.60. The van der Waals surface area contributed by atoms with Gasteiger partial charge in [0.25, 0.3) is 5.91 Å². The predicted molar refractivity (Wildman–Crippen MR) is 104 cm³/mol. The van der Waals surface area contributed by atoms with Gasteiger partial charge in [-0.25, -0.2) is 0 Å². The van der Waals surface area contributed by atoms with Gasteiger partial charge in [-0.2, -0.15) is 4.98 Å². The smallest absolute Gasteiger partial charge is 0.263 e. The lowest BCUT2D eigenvalue weighted by Gasteiger charge is -2.20. The van der Waals surface area contributed by atoms with Gasteiger partial charge in [-0.15, -0.1) is 0 Å². The number of amides is 1. The number of benzene rings is 2. The molecule has 0 N–H and O–H groups in total. The number of nitrogens with zero attached hydrogens (tertiary/aromatic N) is 3. The summed E-state index contributed by atoms with van der Waals surface area (Å²) in [6.07, 6.45) is -0.671. The molecule has 3 rings (SSSR count). The zero-order chi connectivity index (χ0) is 20.1. The second kappa shape index (κ2) is 8.75. The Bertz CT molecular complexity index is 925. The van der Waals surface area contributed by atoms with Crippen LogP contribution >= 0.6 is 11.6 Å². The summed E-state index contributed by atoms with van der Waals surface area (Å²) in [6, 6.07) is 14.1. The normalized spacial score (nSPS) is 11.7. The zero-order valence-corrected chi connectivity index (χ0v) is 16.5. The minimum absolute atomic E-state index is 0.177. The van der Waals surface area contributed by atoms with Crippen LogP contribution in [0.4, 0.5) is 0 Å². The van der Waals surface area contributed by atoms with E-state index in [4.69, 9.17) is 25.6 Å². The number of aromatic nitrogens is 2. The van der Waals surface area contributed by atoms with Crippen molar-refractivity contribution in [2.75, 3.05) is 14.2 Å². The highest BCUT2D eigenvalue weighted by Crippen LogP contribution is 2.20. The van der Waals surface area contributed by atoms with Crippen LogP contribution in [0, 0.1) is 0 Å². The third-order valence-corrected chi connectivity index (χ3v) is 4.29. The standard InChI is InChI=1S/C20H20ClN3O4/c1-13(27-17-10-6-15(21)7-11-17)20(25)24(2)12-18-22-19(23-28-18)14-4-8-16(26-3)9-5-14/h4-11,13H,12H2,1-3H3/t13-/m1/s1. The lowest BCUT2D eigenvalue weighted by atomic mass is 10.2. The molecule has 3 aromatic rings. The molecular weight excluding hydrogens is 382 g/mol. The minimum Gasteiger partial charge on any atom is -0.497 e. The van der Waals surface area contributed by atoms with E-state index in [1.807, 2.05) is 24.3 Å². The Morgan fingerprint density at radius 3 is 2.43 bits per heavy atom. The number of rotatable bonds is 7. The van der Waals surface area contributed by atoms with Crippen molar-refractivity contribution in [3.05, 3.63) is 59.4 Å². The quantitative estimate of drug-likeness (QED) is 0.598. The average Bonchev–Trinajstić information content (AvgIpc) is 3.17. The second-order valence-corrected chi connectivity index (χ2v) is 6.58. The number of carbonyl (C=O) groups is 1. The first kappa shape index (κ1) is 19.7. The van der Waals surface area contributed by atoms with Gasteiger partial charge in [0.2, 0.25) is 11.7 Å². The molecule has 1 amide bonds. The van der Waals surface area contributed by atoms with Crippen LogP contribution < -0.4 is 9.47 Å². The maximum Gasteiger partial charge on any atom is 0.263 e. The summed E-state index contributed by atoms with van der Waals surface area (Å²) in [7, 11) is 3.26. The minimum atomic E-state index is -0.671. The summed E-state index contributed by atoms with van der Waals surface area (Å²) >= 11 is 5.85. The number of methoxy groups -OCH3 is 1. The Morgan fingerprint density at radius 2 is 1.79 bits per heavy atom. The molecule has 0 aliphatic heterocycles. The molecule has 0 unspecified atom stereocenters. The summed E-state index contributed by atoms with van der Waals surface area (Å²) in [5, 5.41) is 4.57. The highest BCUT2D eigenvalue weighted by atomic mass is 35.5. The van der Waals surface area contributed by atoms with Crippen molar-refractivity contribution in [1.82, 2.24) is 15.0 Å². The topological polar surface area (TPSA) is 77.7 Å². The van der Waals surface area contributed by atoms with Crippen LogP contribution in [0.5, 0.6) is 11.5 Å². The molecule has 8 heteroatoms. The van der Waals surface area contributed by atoms with E-state index in [1.165, 1.54) is 4.90 Å². The van der Waals surface area contributed by atoms with Crippen molar-refractivity contribution in [3.63, 3.8) is 0 Å². The largest absolute Gasteiger partial charge is 0.497 e. The first-order chi connectivity index (χ1) is 13.5. The van der Waals surface area contributed by atoms with Crippen LogP contribution in [-0.4, -0.2) is 41.2 Å². The Morgan fingerprint density at radius 1 is 1.14 bits per heavy atom. The maximum absolute atomic E-state index is 12.5. The Labute approximate surface area is 167 Å². The predicted octanol–water partition coefficient (Wildman–Crippen LogP) is 3.82. The lowest BCUT2D eigenvalue weighted by molar-refractivity contribution is -0.137. The number of hydrogen-bond acceptors (Lipinski definition) is 6. The van der Waals surface area contributed by atoms with Crippen LogP contribution in [0.25, 0.3) is 11.4 Å². The van der Waals surface area contributed by atoms with Crippen LogP contribution in [0.15, 0.2) is 53.1 Å². The van der Waals surface area contributed by atoms with Crippen LogP contribution in [0.1, 0.15) is 12.8 Å². The molecule has 0 fully saturated rings. The third-order valence-electron chi connectivity index (χ3n) is 4.04. The molecule has 1 atom stereocenters. The van der Waals surface area contributed by atoms with Gasteiger partial charge >= 0.3 is 0 Å². The van der Waals surface area contributed by atoms with E-state index in [0.29, 0.717) is 22.5 Å². The van der Waals surface area contributed by atoms with E-state index in [0.717, 1.165) is 11.3 Å². The van der Waals surface area contributed by atoms with E-state index in [2.05, 4.69) is 10.1 Å².